The summed E-state index contributed by atoms with van der Waals surface area (Å²) in [6.07, 6.45) is -3.41. The highest BCUT2D eigenvalue weighted by Crippen LogP contribution is 2.47. The highest BCUT2D eigenvalue weighted by molar-refractivity contribution is 7.92. The molecule has 0 aromatic heterocycles. The van der Waals surface area contributed by atoms with Gasteiger partial charge in [-0.1, -0.05) is 19.1 Å². The van der Waals surface area contributed by atoms with E-state index in [4.69, 9.17) is 4.74 Å². The van der Waals surface area contributed by atoms with Crippen LogP contribution >= 0.6 is 0 Å². The fraction of sp³-hybridized carbons (Fsp3) is 0.381. The van der Waals surface area contributed by atoms with E-state index < -0.39 is 41.2 Å². The van der Waals surface area contributed by atoms with E-state index in [2.05, 4.69) is 0 Å². The molecule has 0 spiro atoms. The van der Waals surface area contributed by atoms with E-state index in [-0.39, 0.29) is 35.0 Å². The van der Waals surface area contributed by atoms with E-state index in [0.717, 1.165) is 36.6 Å². The Hall–Kier alpha value is -2.42. The molecule has 11 heteroatoms. The van der Waals surface area contributed by atoms with Gasteiger partial charge in [-0.2, -0.15) is 18.4 Å². The Morgan fingerprint density at radius 1 is 1.09 bits per heavy atom. The number of nitriles is 1. The van der Waals surface area contributed by atoms with Crippen LogP contribution in [0.5, 0.6) is 0 Å². The lowest BCUT2D eigenvalue weighted by Crippen LogP contribution is -2.44. The Morgan fingerprint density at radius 2 is 1.78 bits per heavy atom. The Balaban J connectivity index is 2.30. The summed E-state index contributed by atoms with van der Waals surface area (Å²) in [6, 6.07) is 8.57. The maximum atomic E-state index is 13.8. The summed E-state index contributed by atoms with van der Waals surface area (Å²) in [5, 5.41) is 9.66. The second kappa shape index (κ2) is 8.17. The summed E-state index contributed by atoms with van der Waals surface area (Å²) >= 11 is 0. The molecular formula is C21H20F3NO5S2. The van der Waals surface area contributed by atoms with Crippen molar-refractivity contribution in [2.75, 3.05) is 12.9 Å². The first-order valence-electron chi connectivity index (χ1n) is 9.53. The minimum absolute atomic E-state index is 0.00193. The third-order valence-electron chi connectivity index (χ3n) is 5.42. The molecule has 0 aliphatic carbocycles. The molecule has 0 bridgehead atoms. The predicted molar refractivity (Wildman–Crippen MR) is 109 cm³/mol. The van der Waals surface area contributed by atoms with Crippen molar-refractivity contribution in [3.05, 3.63) is 59.2 Å². The monoisotopic (exact) mass is 487 g/mol. The molecule has 1 saturated heterocycles. The number of hydrogen-bond acceptors (Lipinski definition) is 6. The summed E-state index contributed by atoms with van der Waals surface area (Å²) in [6.45, 7) is 1.77. The molecule has 0 amide bonds. The van der Waals surface area contributed by atoms with Gasteiger partial charge in [-0.25, -0.2) is 16.8 Å². The average Bonchev–Trinajstić information content (AvgIpc) is 2.72. The SMILES string of the molecule is CC1CCOC(c2ccc(S(C)(=O)=O)cc2C#N)(S(=O)(=O)c2cccc(C(F)(F)F)c2)C1. The maximum absolute atomic E-state index is 13.8. The maximum Gasteiger partial charge on any atom is 0.416 e. The summed E-state index contributed by atoms with van der Waals surface area (Å²) in [4.78, 5) is -2.93. The first-order valence-corrected chi connectivity index (χ1v) is 12.9. The lowest BCUT2D eigenvalue weighted by atomic mass is 9.90. The van der Waals surface area contributed by atoms with Crippen LogP contribution in [-0.4, -0.2) is 29.7 Å². The van der Waals surface area contributed by atoms with Crippen LogP contribution in [0, 0.1) is 17.2 Å². The molecule has 1 heterocycles. The largest absolute Gasteiger partial charge is 0.416 e. The van der Waals surface area contributed by atoms with Crippen molar-refractivity contribution in [1.29, 1.82) is 5.26 Å². The quantitative estimate of drug-likeness (QED) is 0.645. The fourth-order valence-corrected chi connectivity index (χ4v) is 6.55. The molecular weight excluding hydrogens is 467 g/mol. The molecule has 0 N–H and O–H groups in total. The zero-order valence-electron chi connectivity index (χ0n) is 17.2. The number of halogens is 3. The number of sulfone groups is 2. The molecule has 2 atom stereocenters. The van der Waals surface area contributed by atoms with Gasteiger partial charge in [0.25, 0.3) is 0 Å². The predicted octanol–water partition coefficient (Wildman–Crippen LogP) is 4.05. The van der Waals surface area contributed by atoms with Gasteiger partial charge in [0.2, 0.25) is 9.84 Å². The van der Waals surface area contributed by atoms with Gasteiger partial charge in [0.1, 0.15) is 0 Å². The minimum Gasteiger partial charge on any atom is -0.354 e. The molecule has 172 valence electrons. The molecule has 1 aliphatic rings. The van der Waals surface area contributed by atoms with E-state index in [1.807, 2.05) is 6.07 Å². The number of benzene rings is 2. The Morgan fingerprint density at radius 3 is 2.34 bits per heavy atom. The summed E-state index contributed by atoms with van der Waals surface area (Å²) in [5.41, 5.74) is -1.47. The van der Waals surface area contributed by atoms with Crippen LogP contribution in [0.1, 0.15) is 36.5 Å². The highest BCUT2D eigenvalue weighted by atomic mass is 32.2. The lowest BCUT2D eigenvalue weighted by molar-refractivity contribution is -0.137. The van der Waals surface area contributed by atoms with Crippen LogP contribution in [0.25, 0.3) is 0 Å². The van der Waals surface area contributed by atoms with Crippen molar-refractivity contribution in [3.8, 4) is 6.07 Å². The molecule has 0 saturated carbocycles. The number of ether oxygens (including phenoxy) is 1. The average molecular weight is 488 g/mol. The van der Waals surface area contributed by atoms with Crippen molar-refractivity contribution in [2.24, 2.45) is 5.92 Å². The first-order chi connectivity index (χ1) is 14.7. The standard InChI is InChI=1S/C21H20F3NO5S2/c1-14-8-9-30-20(12-14,19-7-6-17(31(2,26)27)10-15(19)13-25)32(28,29)18-5-3-4-16(11-18)21(22,23)24/h3-7,10-11,14H,8-9,12H2,1-2H3. The van der Waals surface area contributed by atoms with Crippen molar-refractivity contribution in [1.82, 2.24) is 0 Å². The zero-order chi connectivity index (χ0) is 23.9. The number of rotatable bonds is 4. The molecule has 1 fully saturated rings. The third-order valence-corrected chi connectivity index (χ3v) is 8.78. The van der Waals surface area contributed by atoms with Crippen molar-refractivity contribution >= 4 is 19.7 Å². The van der Waals surface area contributed by atoms with Gasteiger partial charge >= 0.3 is 6.18 Å². The molecule has 3 rings (SSSR count). The van der Waals surface area contributed by atoms with Crippen LogP contribution in [0.15, 0.2) is 52.3 Å². The molecule has 2 unspecified atom stereocenters. The van der Waals surface area contributed by atoms with E-state index in [1.165, 1.54) is 6.07 Å². The first kappa shape index (κ1) is 24.2. The second-order valence-corrected chi connectivity index (χ2v) is 12.0. The smallest absolute Gasteiger partial charge is 0.354 e. The topological polar surface area (TPSA) is 101 Å². The second-order valence-electron chi connectivity index (χ2n) is 7.82. The number of hydrogen-bond donors (Lipinski definition) is 0. The van der Waals surface area contributed by atoms with Crippen LogP contribution in [0.4, 0.5) is 13.2 Å². The fourth-order valence-electron chi connectivity index (χ4n) is 3.77. The lowest BCUT2D eigenvalue weighted by Gasteiger charge is -2.40. The van der Waals surface area contributed by atoms with Gasteiger partial charge in [-0.05, 0) is 49.1 Å². The van der Waals surface area contributed by atoms with E-state index >= 15 is 0 Å². The van der Waals surface area contributed by atoms with Gasteiger partial charge < -0.3 is 4.74 Å². The highest BCUT2D eigenvalue weighted by Gasteiger charge is 2.52. The number of alkyl halides is 3. The van der Waals surface area contributed by atoms with E-state index in [0.29, 0.717) is 12.5 Å². The van der Waals surface area contributed by atoms with Crippen molar-refractivity contribution in [2.45, 2.75) is 40.7 Å². The van der Waals surface area contributed by atoms with Gasteiger partial charge in [0.05, 0.1) is 27.0 Å². The van der Waals surface area contributed by atoms with Crippen molar-refractivity contribution < 1.29 is 34.7 Å². The normalized spacial score (nSPS) is 22.3. The minimum atomic E-state index is -4.76. The van der Waals surface area contributed by atoms with Crippen LogP contribution in [-0.2, 0) is 35.5 Å². The summed E-state index contributed by atoms with van der Waals surface area (Å²) in [7, 11) is -8.29. The van der Waals surface area contributed by atoms with Crippen molar-refractivity contribution in [3.63, 3.8) is 0 Å². The molecule has 32 heavy (non-hydrogen) atoms. The summed E-state index contributed by atoms with van der Waals surface area (Å²) in [5.74, 6) is -0.189. The molecule has 2 aromatic rings. The van der Waals surface area contributed by atoms with E-state index in [9.17, 15) is 35.3 Å². The molecule has 6 nitrogen and oxygen atoms in total. The Labute approximate surface area is 184 Å². The Bertz CT molecular complexity index is 1300. The van der Waals surface area contributed by atoms with Gasteiger partial charge in [-0.15, -0.1) is 0 Å². The van der Waals surface area contributed by atoms with Gasteiger partial charge in [-0.3, -0.25) is 0 Å². The van der Waals surface area contributed by atoms with Crippen LogP contribution in [0.2, 0.25) is 0 Å². The van der Waals surface area contributed by atoms with Gasteiger partial charge in [0.15, 0.2) is 14.8 Å². The summed E-state index contributed by atoms with van der Waals surface area (Å²) < 4.78 is 96.8. The van der Waals surface area contributed by atoms with Gasteiger partial charge in [0, 0.05) is 18.4 Å². The van der Waals surface area contributed by atoms with Crippen LogP contribution in [0.3, 0.4) is 0 Å². The molecule has 2 aromatic carbocycles. The Kier molecular flexibility index (Phi) is 6.19. The zero-order valence-corrected chi connectivity index (χ0v) is 18.8. The molecule has 1 aliphatic heterocycles. The van der Waals surface area contributed by atoms with E-state index in [1.54, 1.807) is 6.92 Å². The third kappa shape index (κ3) is 4.27. The van der Waals surface area contributed by atoms with Crippen LogP contribution < -0.4 is 0 Å². The molecule has 0 radical (unpaired) electrons. The number of nitrogens with zero attached hydrogens (tertiary/aromatic N) is 1.